The van der Waals surface area contributed by atoms with E-state index < -0.39 is 17.1 Å². The number of para-hydroxylation sites is 2. The average molecular weight is 680 g/mol. The van der Waals surface area contributed by atoms with Crippen molar-refractivity contribution in [3.05, 3.63) is 162 Å². The monoisotopic (exact) mass is 679 g/mol. The second kappa shape index (κ2) is 14.4. The number of hydrogen-bond acceptors (Lipinski definition) is 6. The number of aromatic amines is 1. The topological polar surface area (TPSA) is 116 Å². The smallest absolute Gasteiger partial charge is 0.272 e. The number of fused-ring (bicyclic) bond motifs is 2. The van der Waals surface area contributed by atoms with Gasteiger partial charge in [0.05, 0.1) is 10.2 Å². The van der Waals surface area contributed by atoms with Crippen LogP contribution in [0.5, 0.6) is 0 Å². The van der Waals surface area contributed by atoms with Crippen LogP contribution in [-0.4, -0.2) is 27.7 Å². The molecular formula is C39H29N5O3S2. The van der Waals surface area contributed by atoms with E-state index >= 15 is 0 Å². The third kappa shape index (κ3) is 7.46. The Bertz CT molecular complexity index is 2280. The molecule has 0 spiro atoms. The molecule has 10 heteroatoms. The fraction of sp³-hybridized carbons (Fsp3) is 0.0256. The standard InChI is InChI=1S/C39H29N5O3S2/c45-36(26-14-5-2-6-15-26)42-33(22-27-24-40-31-19-8-7-18-30(27)31)37(46)41-28-16-11-17-29(23-28)48-35(25-12-3-1-4-13-25)38(47)44-39-43-32-20-9-10-21-34(32)49-39/h1-24,35,40H,(H,41,46)(H,42,45)(H,43,44,47)/b33-22-. The molecule has 7 rings (SSSR count). The summed E-state index contributed by atoms with van der Waals surface area (Å²) in [7, 11) is 0. The normalized spacial score (nSPS) is 12.0. The zero-order valence-electron chi connectivity index (χ0n) is 25.9. The van der Waals surface area contributed by atoms with E-state index in [1.807, 2.05) is 103 Å². The number of carbonyl (C=O) groups excluding carboxylic acids is 3. The summed E-state index contributed by atoms with van der Waals surface area (Å²) in [6.45, 7) is 0. The zero-order chi connectivity index (χ0) is 33.6. The van der Waals surface area contributed by atoms with Crippen LogP contribution in [-0.2, 0) is 9.59 Å². The molecule has 0 radical (unpaired) electrons. The molecule has 240 valence electrons. The first-order valence-corrected chi connectivity index (χ1v) is 17.1. The van der Waals surface area contributed by atoms with Crippen LogP contribution in [0.1, 0.15) is 26.7 Å². The van der Waals surface area contributed by atoms with Gasteiger partial charge < -0.3 is 20.9 Å². The number of rotatable bonds is 10. The molecule has 0 aliphatic carbocycles. The summed E-state index contributed by atoms with van der Waals surface area (Å²) in [6, 6.07) is 41.0. The summed E-state index contributed by atoms with van der Waals surface area (Å²) in [5.41, 5.74) is 4.33. The van der Waals surface area contributed by atoms with E-state index in [4.69, 9.17) is 0 Å². The van der Waals surface area contributed by atoms with Crippen molar-refractivity contribution in [2.45, 2.75) is 10.1 Å². The van der Waals surface area contributed by atoms with E-state index in [1.165, 1.54) is 23.1 Å². The van der Waals surface area contributed by atoms with E-state index in [2.05, 4.69) is 25.9 Å². The molecule has 1 atom stereocenters. The first-order chi connectivity index (χ1) is 24.0. The van der Waals surface area contributed by atoms with Gasteiger partial charge in [0, 0.05) is 38.8 Å². The maximum atomic E-state index is 13.8. The number of thiazole rings is 1. The summed E-state index contributed by atoms with van der Waals surface area (Å²) in [5.74, 6) is -1.11. The quantitative estimate of drug-likeness (QED) is 0.0853. The van der Waals surface area contributed by atoms with Crippen molar-refractivity contribution in [1.82, 2.24) is 15.3 Å². The number of amides is 3. The molecule has 8 nitrogen and oxygen atoms in total. The van der Waals surface area contributed by atoms with Gasteiger partial charge in [-0.3, -0.25) is 14.4 Å². The number of benzene rings is 5. The second-order valence-electron chi connectivity index (χ2n) is 11.0. The second-order valence-corrected chi connectivity index (χ2v) is 13.2. The lowest BCUT2D eigenvalue weighted by Gasteiger charge is -2.17. The Hall–Kier alpha value is -5.97. The zero-order valence-corrected chi connectivity index (χ0v) is 27.6. The van der Waals surface area contributed by atoms with Crippen molar-refractivity contribution >= 4 is 78.8 Å². The lowest BCUT2D eigenvalue weighted by molar-refractivity contribution is -0.116. The van der Waals surface area contributed by atoms with Gasteiger partial charge in [0.25, 0.3) is 11.8 Å². The Kier molecular flexibility index (Phi) is 9.31. The molecule has 2 heterocycles. The van der Waals surface area contributed by atoms with E-state index in [0.717, 1.165) is 37.1 Å². The van der Waals surface area contributed by atoms with Gasteiger partial charge in [-0.15, -0.1) is 11.8 Å². The molecule has 0 bridgehead atoms. The predicted molar refractivity (Wildman–Crippen MR) is 199 cm³/mol. The van der Waals surface area contributed by atoms with Crippen LogP contribution >= 0.6 is 23.1 Å². The molecule has 4 N–H and O–H groups in total. The Morgan fingerprint density at radius 3 is 2.33 bits per heavy atom. The van der Waals surface area contributed by atoms with Crippen molar-refractivity contribution in [2.24, 2.45) is 0 Å². The fourth-order valence-corrected chi connectivity index (χ4v) is 7.24. The molecule has 7 aromatic rings. The van der Waals surface area contributed by atoms with Crippen LogP contribution in [0.15, 0.2) is 150 Å². The SMILES string of the molecule is O=C(Nc1cccc(SC(C(=O)Nc2nc3ccccc3s2)c2ccccc2)c1)/C(=C/c1c[nH]c2ccccc12)NC(=O)c1ccccc1. The van der Waals surface area contributed by atoms with Crippen LogP contribution in [0, 0.1) is 0 Å². The van der Waals surface area contributed by atoms with Crippen LogP contribution < -0.4 is 16.0 Å². The first kappa shape index (κ1) is 31.6. The van der Waals surface area contributed by atoms with Gasteiger partial charge in [-0.2, -0.15) is 0 Å². The van der Waals surface area contributed by atoms with Gasteiger partial charge in [-0.05, 0) is 60.2 Å². The van der Waals surface area contributed by atoms with Gasteiger partial charge in [-0.1, -0.05) is 96.3 Å². The number of H-pyrrole nitrogens is 1. The number of anilines is 2. The summed E-state index contributed by atoms with van der Waals surface area (Å²) >= 11 is 2.79. The number of nitrogens with one attached hydrogen (secondary N) is 4. The molecule has 0 aliphatic heterocycles. The number of aromatic nitrogens is 2. The van der Waals surface area contributed by atoms with Gasteiger partial charge in [0.2, 0.25) is 5.91 Å². The number of carbonyl (C=O) groups is 3. The largest absolute Gasteiger partial charge is 0.361 e. The van der Waals surface area contributed by atoms with Gasteiger partial charge in [-0.25, -0.2) is 4.98 Å². The van der Waals surface area contributed by atoms with Crippen LogP contribution in [0.3, 0.4) is 0 Å². The Morgan fingerprint density at radius 2 is 1.51 bits per heavy atom. The fourth-order valence-electron chi connectivity index (χ4n) is 5.29. The number of thioether (sulfide) groups is 1. The minimum Gasteiger partial charge on any atom is -0.361 e. The maximum Gasteiger partial charge on any atom is 0.272 e. The molecule has 3 amide bonds. The molecule has 2 aromatic heterocycles. The van der Waals surface area contributed by atoms with Crippen molar-refractivity contribution in [1.29, 1.82) is 0 Å². The van der Waals surface area contributed by atoms with Crippen LogP contribution in [0.4, 0.5) is 10.8 Å². The van der Waals surface area contributed by atoms with E-state index in [9.17, 15) is 14.4 Å². The Morgan fingerprint density at radius 1 is 0.776 bits per heavy atom. The molecular weight excluding hydrogens is 651 g/mol. The average Bonchev–Trinajstić information content (AvgIpc) is 3.74. The third-order valence-corrected chi connectivity index (χ3v) is 9.86. The number of hydrogen-bond donors (Lipinski definition) is 4. The minimum atomic E-state index is -0.596. The van der Waals surface area contributed by atoms with Crippen LogP contribution in [0.2, 0.25) is 0 Å². The van der Waals surface area contributed by atoms with Gasteiger partial charge in [0.1, 0.15) is 10.9 Å². The molecule has 0 saturated carbocycles. The van der Waals surface area contributed by atoms with E-state index in [0.29, 0.717) is 16.4 Å². The minimum absolute atomic E-state index is 0.0778. The maximum absolute atomic E-state index is 13.8. The highest BCUT2D eigenvalue weighted by Crippen LogP contribution is 2.38. The Balaban J connectivity index is 1.14. The molecule has 5 aromatic carbocycles. The Labute approximate surface area is 290 Å². The highest BCUT2D eigenvalue weighted by molar-refractivity contribution is 8.00. The van der Waals surface area contributed by atoms with E-state index in [1.54, 1.807) is 42.6 Å². The van der Waals surface area contributed by atoms with Crippen molar-refractivity contribution < 1.29 is 14.4 Å². The summed E-state index contributed by atoms with van der Waals surface area (Å²) in [5, 5.41) is 9.60. The molecule has 0 aliphatic rings. The molecule has 1 unspecified atom stereocenters. The summed E-state index contributed by atoms with van der Waals surface area (Å²) in [6.07, 6.45) is 3.46. The molecule has 0 saturated heterocycles. The van der Waals surface area contributed by atoms with Gasteiger partial charge >= 0.3 is 0 Å². The summed E-state index contributed by atoms with van der Waals surface area (Å²) < 4.78 is 0.989. The molecule has 0 fully saturated rings. The van der Waals surface area contributed by atoms with Crippen molar-refractivity contribution in [3.63, 3.8) is 0 Å². The lowest BCUT2D eigenvalue weighted by atomic mass is 10.1. The number of nitrogens with zero attached hydrogens (tertiary/aromatic N) is 1. The summed E-state index contributed by atoms with van der Waals surface area (Å²) in [4.78, 5) is 49.3. The highest BCUT2D eigenvalue weighted by Gasteiger charge is 2.24. The van der Waals surface area contributed by atoms with E-state index in [-0.39, 0.29) is 11.6 Å². The molecule has 49 heavy (non-hydrogen) atoms. The van der Waals surface area contributed by atoms with Crippen LogP contribution in [0.25, 0.3) is 27.2 Å². The van der Waals surface area contributed by atoms with Gasteiger partial charge in [0.15, 0.2) is 5.13 Å². The lowest BCUT2D eigenvalue weighted by Crippen LogP contribution is -2.30. The van der Waals surface area contributed by atoms with Crippen molar-refractivity contribution in [3.8, 4) is 0 Å². The highest BCUT2D eigenvalue weighted by atomic mass is 32.2. The predicted octanol–water partition coefficient (Wildman–Crippen LogP) is 8.66. The third-order valence-electron chi connectivity index (χ3n) is 7.66. The van der Waals surface area contributed by atoms with Crippen molar-refractivity contribution in [2.75, 3.05) is 10.6 Å². The first-order valence-electron chi connectivity index (χ1n) is 15.4.